The summed E-state index contributed by atoms with van der Waals surface area (Å²) in [4.78, 5) is 27.7. The number of benzene rings is 3. The Kier molecular flexibility index (Phi) is 5.77. The number of rotatable bonds is 4. The summed E-state index contributed by atoms with van der Waals surface area (Å²) >= 11 is 0. The minimum atomic E-state index is -1.12. The zero-order chi connectivity index (χ0) is 23.9. The average molecular weight is 445 g/mol. The third kappa shape index (κ3) is 3.78. The van der Waals surface area contributed by atoms with Crippen LogP contribution in [0.15, 0.2) is 66.2 Å². The van der Waals surface area contributed by atoms with Crippen molar-refractivity contribution < 1.29 is 23.8 Å². The molecule has 1 aliphatic rings. The Labute approximate surface area is 191 Å². The first-order chi connectivity index (χ1) is 15.7. The second kappa shape index (κ2) is 8.54. The molecule has 0 radical (unpaired) electrons. The molecule has 1 fully saturated rings. The van der Waals surface area contributed by atoms with Crippen LogP contribution in [0.25, 0.3) is 5.76 Å². The number of carbonyl (C=O) groups is 2. The standard InChI is InChI=1S/C27H24FNO4/c1-15-8-7-9-18(12-15)29-24(19-10-5-6-11-21(19)28)23(26(31)27(29)32)25(30)20-13-17(3)22(33-4)14-16(20)2/h5-14,24,30H,1-4H3/b25-23+. The van der Waals surface area contributed by atoms with Crippen LogP contribution >= 0.6 is 0 Å². The zero-order valence-corrected chi connectivity index (χ0v) is 18.8. The SMILES string of the molecule is COc1cc(C)c(/C(O)=C2\C(=O)C(=O)N(c3cccc(C)c3)C2c2ccccc2F)cc1C. The Morgan fingerprint density at radius 2 is 1.70 bits per heavy atom. The molecular formula is C27H24FNO4. The van der Waals surface area contributed by atoms with Crippen LogP contribution < -0.4 is 9.64 Å². The molecule has 0 aliphatic carbocycles. The van der Waals surface area contributed by atoms with E-state index in [9.17, 15) is 19.1 Å². The molecule has 1 aliphatic heterocycles. The van der Waals surface area contributed by atoms with Crippen LogP contribution in [0.2, 0.25) is 0 Å². The van der Waals surface area contributed by atoms with Crippen LogP contribution in [0.3, 0.4) is 0 Å². The summed E-state index contributed by atoms with van der Waals surface area (Å²) in [6, 6.07) is 15.4. The van der Waals surface area contributed by atoms with Crippen molar-refractivity contribution in [3.05, 3.63) is 99.9 Å². The van der Waals surface area contributed by atoms with Gasteiger partial charge in [0.15, 0.2) is 0 Å². The fourth-order valence-corrected chi connectivity index (χ4v) is 4.28. The molecule has 0 spiro atoms. The van der Waals surface area contributed by atoms with E-state index in [1.807, 2.05) is 19.9 Å². The number of aliphatic hydroxyl groups excluding tert-OH is 1. The van der Waals surface area contributed by atoms with E-state index in [2.05, 4.69) is 0 Å². The van der Waals surface area contributed by atoms with Crippen LogP contribution in [0.4, 0.5) is 10.1 Å². The number of Topliss-reactive ketones (excluding diaryl/α,β-unsaturated/α-hetero) is 1. The number of aliphatic hydroxyl groups is 1. The van der Waals surface area contributed by atoms with Gasteiger partial charge in [-0.05, 0) is 67.8 Å². The van der Waals surface area contributed by atoms with Gasteiger partial charge in [0.25, 0.3) is 11.7 Å². The van der Waals surface area contributed by atoms with Gasteiger partial charge in [0.2, 0.25) is 0 Å². The van der Waals surface area contributed by atoms with Gasteiger partial charge in [0.1, 0.15) is 17.3 Å². The van der Waals surface area contributed by atoms with Crippen molar-refractivity contribution in [3.63, 3.8) is 0 Å². The number of nitrogens with zero attached hydrogens (tertiary/aromatic N) is 1. The monoisotopic (exact) mass is 445 g/mol. The van der Waals surface area contributed by atoms with Gasteiger partial charge in [-0.15, -0.1) is 0 Å². The minimum absolute atomic E-state index is 0.127. The van der Waals surface area contributed by atoms with Gasteiger partial charge in [-0.25, -0.2) is 4.39 Å². The lowest BCUT2D eigenvalue weighted by Crippen LogP contribution is -2.29. The van der Waals surface area contributed by atoms with E-state index >= 15 is 0 Å². The van der Waals surface area contributed by atoms with E-state index in [1.165, 1.54) is 23.1 Å². The molecule has 33 heavy (non-hydrogen) atoms. The van der Waals surface area contributed by atoms with E-state index in [0.29, 0.717) is 22.6 Å². The fourth-order valence-electron chi connectivity index (χ4n) is 4.28. The summed E-state index contributed by atoms with van der Waals surface area (Å²) in [6.07, 6.45) is 0. The molecule has 3 aromatic carbocycles. The second-order valence-corrected chi connectivity index (χ2v) is 8.17. The highest BCUT2D eigenvalue weighted by molar-refractivity contribution is 6.51. The van der Waals surface area contributed by atoms with E-state index in [-0.39, 0.29) is 16.9 Å². The maximum Gasteiger partial charge on any atom is 0.300 e. The van der Waals surface area contributed by atoms with Gasteiger partial charge < -0.3 is 9.84 Å². The second-order valence-electron chi connectivity index (χ2n) is 8.17. The normalized spacial score (nSPS) is 17.5. The van der Waals surface area contributed by atoms with Crippen LogP contribution in [0.5, 0.6) is 5.75 Å². The number of methoxy groups -OCH3 is 1. The summed E-state index contributed by atoms with van der Waals surface area (Å²) in [5.41, 5.74) is 3.10. The molecule has 4 rings (SSSR count). The molecule has 1 saturated heterocycles. The Hall–Kier alpha value is -3.93. The minimum Gasteiger partial charge on any atom is -0.507 e. The van der Waals surface area contributed by atoms with Crippen molar-refractivity contribution in [1.82, 2.24) is 0 Å². The summed E-state index contributed by atoms with van der Waals surface area (Å²) < 4.78 is 20.3. The molecule has 1 N–H and O–H groups in total. The molecule has 3 aromatic rings. The maximum atomic E-state index is 15.0. The summed E-state index contributed by atoms with van der Waals surface area (Å²) in [6.45, 7) is 5.45. The summed E-state index contributed by atoms with van der Waals surface area (Å²) in [5.74, 6) is -1.97. The summed E-state index contributed by atoms with van der Waals surface area (Å²) in [7, 11) is 1.55. The van der Waals surface area contributed by atoms with Crippen molar-refractivity contribution in [2.75, 3.05) is 12.0 Å². The lowest BCUT2D eigenvalue weighted by Gasteiger charge is -2.26. The van der Waals surface area contributed by atoms with E-state index in [0.717, 1.165) is 11.1 Å². The van der Waals surface area contributed by atoms with Gasteiger partial charge >= 0.3 is 0 Å². The molecular weight excluding hydrogens is 421 g/mol. The Morgan fingerprint density at radius 3 is 2.36 bits per heavy atom. The number of halogens is 1. The van der Waals surface area contributed by atoms with E-state index < -0.39 is 23.5 Å². The van der Waals surface area contributed by atoms with Crippen LogP contribution in [-0.4, -0.2) is 23.9 Å². The highest BCUT2D eigenvalue weighted by atomic mass is 19.1. The molecule has 0 saturated carbocycles. The van der Waals surface area contributed by atoms with Gasteiger partial charge in [-0.1, -0.05) is 30.3 Å². The molecule has 6 heteroatoms. The molecule has 1 amide bonds. The number of carbonyl (C=O) groups excluding carboxylic acids is 2. The van der Waals surface area contributed by atoms with Gasteiger partial charge in [-0.3, -0.25) is 14.5 Å². The van der Waals surface area contributed by atoms with Crippen molar-refractivity contribution >= 4 is 23.1 Å². The highest BCUT2D eigenvalue weighted by Crippen LogP contribution is 2.43. The van der Waals surface area contributed by atoms with Crippen molar-refractivity contribution in [2.45, 2.75) is 26.8 Å². The molecule has 1 atom stereocenters. The van der Waals surface area contributed by atoms with Crippen molar-refractivity contribution in [1.29, 1.82) is 0 Å². The van der Waals surface area contributed by atoms with Crippen molar-refractivity contribution in [2.24, 2.45) is 0 Å². The number of aryl methyl sites for hydroxylation is 3. The van der Waals surface area contributed by atoms with Gasteiger partial charge in [0, 0.05) is 16.8 Å². The topological polar surface area (TPSA) is 66.8 Å². The lowest BCUT2D eigenvalue weighted by molar-refractivity contribution is -0.132. The predicted octanol–water partition coefficient (Wildman–Crippen LogP) is 5.39. The van der Waals surface area contributed by atoms with Crippen LogP contribution in [0.1, 0.15) is 33.9 Å². The van der Waals surface area contributed by atoms with Crippen molar-refractivity contribution in [3.8, 4) is 5.75 Å². The quantitative estimate of drug-likeness (QED) is 0.332. The fraction of sp³-hybridized carbons (Fsp3) is 0.185. The van der Waals surface area contributed by atoms with E-state index in [4.69, 9.17) is 4.74 Å². The number of anilines is 1. The lowest BCUT2D eigenvalue weighted by atomic mass is 9.92. The van der Waals surface area contributed by atoms with Crippen LogP contribution in [0, 0.1) is 26.6 Å². The van der Waals surface area contributed by atoms with Gasteiger partial charge in [-0.2, -0.15) is 0 Å². The first kappa shape index (κ1) is 22.3. The summed E-state index contributed by atoms with van der Waals surface area (Å²) in [5, 5.41) is 11.3. The third-order valence-corrected chi connectivity index (χ3v) is 5.92. The molecule has 168 valence electrons. The first-order valence-corrected chi connectivity index (χ1v) is 10.5. The highest BCUT2D eigenvalue weighted by Gasteiger charge is 2.48. The maximum absolute atomic E-state index is 15.0. The third-order valence-electron chi connectivity index (χ3n) is 5.92. The number of hydrogen-bond donors (Lipinski definition) is 1. The smallest absolute Gasteiger partial charge is 0.300 e. The molecule has 0 aromatic heterocycles. The average Bonchev–Trinajstić information content (AvgIpc) is 3.05. The zero-order valence-electron chi connectivity index (χ0n) is 18.8. The number of ether oxygens (including phenoxy) is 1. The Balaban J connectivity index is 2.00. The van der Waals surface area contributed by atoms with Gasteiger partial charge in [0.05, 0.1) is 18.7 Å². The number of ketones is 1. The van der Waals surface area contributed by atoms with Crippen LogP contribution in [-0.2, 0) is 9.59 Å². The van der Waals surface area contributed by atoms with E-state index in [1.54, 1.807) is 50.4 Å². The molecule has 1 heterocycles. The number of hydrogen-bond acceptors (Lipinski definition) is 4. The largest absolute Gasteiger partial charge is 0.507 e. The molecule has 0 bridgehead atoms. The molecule has 1 unspecified atom stereocenters. The Morgan fingerprint density at radius 1 is 0.970 bits per heavy atom. The Bertz CT molecular complexity index is 1310. The predicted molar refractivity (Wildman–Crippen MR) is 125 cm³/mol. The molecule has 5 nitrogen and oxygen atoms in total. The number of amides is 1. The first-order valence-electron chi connectivity index (χ1n) is 10.5.